The number of nitrogens with one attached hydrogen (secondary N) is 1. The molecule has 1 aliphatic carbocycles. The Hall–Kier alpha value is -2.22. The van der Waals surface area contributed by atoms with Crippen LogP contribution in [0.5, 0.6) is 0 Å². The van der Waals surface area contributed by atoms with Crippen LogP contribution in [0.1, 0.15) is 50.4 Å². The molecular weight excluding hydrogens is 424 g/mol. The Morgan fingerprint density at radius 3 is 2.62 bits per heavy atom. The van der Waals surface area contributed by atoms with E-state index in [0.29, 0.717) is 22.9 Å². The molecule has 3 heterocycles. The van der Waals surface area contributed by atoms with E-state index in [9.17, 15) is 0 Å². The van der Waals surface area contributed by atoms with E-state index in [-0.39, 0.29) is 0 Å². The first-order valence-electron chi connectivity index (χ1n) is 11.7. The molecule has 3 N–H and O–H groups in total. The van der Waals surface area contributed by atoms with Crippen LogP contribution in [-0.2, 0) is 11.2 Å². The molecule has 8 heteroatoms. The third kappa shape index (κ3) is 4.75. The van der Waals surface area contributed by atoms with Gasteiger partial charge >= 0.3 is 0 Å². The van der Waals surface area contributed by atoms with Gasteiger partial charge in [-0.05, 0) is 75.1 Å². The first-order valence-corrected chi connectivity index (χ1v) is 12.1. The molecule has 1 aromatic carbocycles. The maximum absolute atomic E-state index is 6.21. The normalized spacial score (nSPS) is 22.3. The predicted molar refractivity (Wildman–Crippen MR) is 127 cm³/mol. The van der Waals surface area contributed by atoms with Crippen molar-refractivity contribution in [1.29, 1.82) is 0 Å². The zero-order chi connectivity index (χ0) is 21.9. The zero-order valence-corrected chi connectivity index (χ0v) is 19.1. The monoisotopic (exact) mass is 454 g/mol. The van der Waals surface area contributed by atoms with Crippen LogP contribution in [0, 0.1) is 11.8 Å². The molecule has 0 bridgehead atoms. The number of hydrogen-bond donors (Lipinski definition) is 2. The second-order valence-corrected chi connectivity index (χ2v) is 9.54. The van der Waals surface area contributed by atoms with E-state index < -0.39 is 0 Å². The van der Waals surface area contributed by atoms with Gasteiger partial charge in [-0.15, -0.1) is 0 Å². The number of rotatable bonds is 6. The van der Waals surface area contributed by atoms with Gasteiger partial charge in [0.15, 0.2) is 5.65 Å². The SMILES string of the molecule is NCC1CCC(n2c(Nc3cccc(Cl)c3)nc3cnc(CC4CCOCC4)nc32)CC1. The number of nitrogens with zero attached hydrogens (tertiary/aromatic N) is 4. The molecule has 0 unspecified atom stereocenters. The maximum atomic E-state index is 6.21. The van der Waals surface area contributed by atoms with E-state index in [1.807, 2.05) is 30.5 Å². The van der Waals surface area contributed by atoms with Gasteiger partial charge in [0.1, 0.15) is 11.3 Å². The van der Waals surface area contributed by atoms with Gasteiger partial charge in [-0.2, -0.15) is 0 Å². The summed E-state index contributed by atoms with van der Waals surface area (Å²) in [5.74, 6) is 2.90. The molecule has 0 spiro atoms. The highest BCUT2D eigenvalue weighted by Gasteiger charge is 2.27. The van der Waals surface area contributed by atoms with Gasteiger partial charge in [0.25, 0.3) is 0 Å². The second kappa shape index (κ2) is 9.73. The van der Waals surface area contributed by atoms with Crippen LogP contribution in [-0.4, -0.2) is 39.3 Å². The van der Waals surface area contributed by atoms with Gasteiger partial charge < -0.3 is 15.8 Å². The van der Waals surface area contributed by atoms with E-state index in [1.165, 1.54) is 0 Å². The highest BCUT2D eigenvalue weighted by molar-refractivity contribution is 6.30. The van der Waals surface area contributed by atoms with Crippen molar-refractivity contribution in [3.63, 3.8) is 0 Å². The molecule has 0 radical (unpaired) electrons. The fraction of sp³-hybridized carbons (Fsp3) is 0.542. The van der Waals surface area contributed by atoms with E-state index in [0.717, 1.165) is 93.3 Å². The lowest BCUT2D eigenvalue weighted by Crippen LogP contribution is -2.24. The summed E-state index contributed by atoms with van der Waals surface area (Å²) in [5, 5.41) is 4.18. The number of nitrogens with two attached hydrogens (primary N) is 1. The summed E-state index contributed by atoms with van der Waals surface area (Å²) in [4.78, 5) is 14.6. The van der Waals surface area contributed by atoms with Crippen LogP contribution in [0.4, 0.5) is 11.6 Å². The standard InChI is InChI=1S/C24H31ClN6O/c25-18-2-1-3-19(13-18)28-24-29-21-15-27-22(12-16-8-10-32-11-9-16)30-23(21)31(24)20-6-4-17(14-26)5-7-20/h1-3,13,15-17,20H,4-12,14,26H2,(H,28,29). The minimum atomic E-state index is 0.343. The topological polar surface area (TPSA) is 90.9 Å². The Morgan fingerprint density at radius 1 is 1.06 bits per heavy atom. The Morgan fingerprint density at radius 2 is 1.88 bits per heavy atom. The molecule has 2 aromatic heterocycles. The van der Waals surface area contributed by atoms with Crippen molar-refractivity contribution < 1.29 is 4.74 Å². The van der Waals surface area contributed by atoms with Crippen molar-refractivity contribution in [1.82, 2.24) is 19.5 Å². The lowest BCUT2D eigenvalue weighted by molar-refractivity contribution is 0.0660. The van der Waals surface area contributed by atoms with Gasteiger partial charge in [-0.1, -0.05) is 17.7 Å². The lowest BCUT2D eigenvalue weighted by atomic mass is 9.86. The average Bonchev–Trinajstić information content (AvgIpc) is 3.17. The number of ether oxygens (including phenoxy) is 1. The van der Waals surface area contributed by atoms with Crippen molar-refractivity contribution in [2.45, 2.75) is 51.0 Å². The minimum absolute atomic E-state index is 0.343. The van der Waals surface area contributed by atoms with Crippen molar-refractivity contribution in [2.75, 3.05) is 25.1 Å². The molecule has 0 amide bonds. The molecular formula is C24H31ClN6O. The number of anilines is 2. The molecule has 1 saturated heterocycles. The minimum Gasteiger partial charge on any atom is -0.381 e. The number of hydrogen-bond acceptors (Lipinski definition) is 6. The average molecular weight is 455 g/mol. The first kappa shape index (κ1) is 21.6. The molecule has 2 fully saturated rings. The molecule has 3 aromatic rings. The van der Waals surface area contributed by atoms with Gasteiger partial charge in [0.2, 0.25) is 5.95 Å². The molecule has 7 nitrogen and oxygen atoms in total. The van der Waals surface area contributed by atoms with E-state index in [4.69, 9.17) is 32.0 Å². The van der Waals surface area contributed by atoms with Crippen LogP contribution in [0.25, 0.3) is 11.2 Å². The molecule has 0 atom stereocenters. The van der Waals surface area contributed by atoms with E-state index >= 15 is 0 Å². The molecule has 1 aliphatic heterocycles. The Bertz CT molecular complexity index is 1060. The highest BCUT2D eigenvalue weighted by Crippen LogP contribution is 2.36. The van der Waals surface area contributed by atoms with Gasteiger partial charge in [-0.3, -0.25) is 4.57 Å². The molecule has 1 saturated carbocycles. The van der Waals surface area contributed by atoms with Crippen LogP contribution in [0.2, 0.25) is 5.02 Å². The number of fused-ring (bicyclic) bond motifs is 1. The third-order valence-electron chi connectivity index (χ3n) is 6.89. The van der Waals surface area contributed by atoms with Crippen molar-refractivity contribution in [3.8, 4) is 0 Å². The maximum Gasteiger partial charge on any atom is 0.209 e. The number of imidazole rings is 1. The quantitative estimate of drug-likeness (QED) is 0.551. The molecule has 170 valence electrons. The summed E-state index contributed by atoms with van der Waals surface area (Å²) >= 11 is 6.21. The van der Waals surface area contributed by atoms with Crippen LogP contribution < -0.4 is 11.1 Å². The van der Waals surface area contributed by atoms with Crippen LogP contribution in [0.3, 0.4) is 0 Å². The summed E-state index contributed by atoms with van der Waals surface area (Å²) in [5.41, 5.74) is 8.60. The predicted octanol–water partition coefficient (Wildman–Crippen LogP) is 4.88. The van der Waals surface area contributed by atoms with Gasteiger partial charge in [0.05, 0.1) is 6.20 Å². The molecule has 5 rings (SSSR count). The Kier molecular flexibility index (Phi) is 6.57. The van der Waals surface area contributed by atoms with Crippen molar-refractivity contribution in [3.05, 3.63) is 41.3 Å². The third-order valence-corrected chi connectivity index (χ3v) is 7.13. The van der Waals surface area contributed by atoms with Crippen molar-refractivity contribution >= 4 is 34.4 Å². The fourth-order valence-corrected chi connectivity index (χ4v) is 5.19. The summed E-state index contributed by atoms with van der Waals surface area (Å²) in [7, 11) is 0. The smallest absolute Gasteiger partial charge is 0.209 e. The first-order chi connectivity index (χ1) is 15.7. The summed E-state index contributed by atoms with van der Waals surface area (Å²) < 4.78 is 7.80. The summed E-state index contributed by atoms with van der Waals surface area (Å²) in [6, 6.07) is 8.07. The van der Waals surface area contributed by atoms with E-state index in [2.05, 4.69) is 14.9 Å². The zero-order valence-electron chi connectivity index (χ0n) is 18.3. The van der Waals surface area contributed by atoms with Crippen LogP contribution >= 0.6 is 11.6 Å². The van der Waals surface area contributed by atoms with Crippen molar-refractivity contribution in [2.24, 2.45) is 17.6 Å². The van der Waals surface area contributed by atoms with E-state index in [1.54, 1.807) is 0 Å². The van der Waals surface area contributed by atoms with Gasteiger partial charge in [0, 0.05) is 36.4 Å². The summed E-state index contributed by atoms with van der Waals surface area (Å²) in [6.45, 7) is 2.44. The summed E-state index contributed by atoms with van der Waals surface area (Å²) in [6.07, 6.45) is 9.35. The van der Waals surface area contributed by atoms with Gasteiger partial charge in [-0.25, -0.2) is 15.0 Å². The largest absolute Gasteiger partial charge is 0.381 e. The highest BCUT2D eigenvalue weighted by atomic mass is 35.5. The number of benzene rings is 1. The molecule has 32 heavy (non-hydrogen) atoms. The number of aromatic nitrogens is 4. The number of halogens is 1. The van der Waals surface area contributed by atoms with Crippen LogP contribution in [0.15, 0.2) is 30.5 Å². The second-order valence-electron chi connectivity index (χ2n) is 9.11. The lowest BCUT2D eigenvalue weighted by Gasteiger charge is -2.29. The molecule has 2 aliphatic rings. The Balaban J connectivity index is 1.49. The Labute approximate surface area is 193 Å². The fourth-order valence-electron chi connectivity index (χ4n) is 5.00.